The van der Waals surface area contributed by atoms with Gasteiger partial charge in [0.2, 0.25) is 5.88 Å². The average molecular weight is 356 g/mol. The van der Waals surface area contributed by atoms with Gasteiger partial charge in [0.05, 0.1) is 12.1 Å². The Balaban J connectivity index is 1.72. The molecule has 3 aromatic rings. The van der Waals surface area contributed by atoms with Crippen LogP contribution in [0.15, 0.2) is 48.7 Å². The lowest BCUT2D eigenvalue weighted by molar-refractivity contribution is 0.0950. The third-order valence-electron chi connectivity index (χ3n) is 3.65. The molecule has 128 valence electrons. The van der Waals surface area contributed by atoms with Gasteiger partial charge in [0, 0.05) is 29.3 Å². The molecule has 2 heterocycles. The summed E-state index contributed by atoms with van der Waals surface area (Å²) in [4.78, 5) is 20.9. The molecule has 0 aliphatic heterocycles. The van der Waals surface area contributed by atoms with E-state index in [9.17, 15) is 4.79 Å². The van der Waals surface area contributed by atoms with Crippen molar-refractivity contribution >= 4 is 28.4 Å². The maximum atomic E-state index is 12.4. The van der Waals surface area contributed by atoms with Gasteiger partial charge in [-0.3, -0.25) is 4.79 Å². The maximum Gasteiger partial charge on any atom is 0.251 e. The molecular weight excluding hydrogens is 338 g/mol. The van der Waals surface area contributed by atoms with Crippen molar-refractivity contribution < 1.29 is 9.53 Å². The van der Waals surface area contributed by atoms with Crippen LogP contribution in [0.2, 0.25) is 5.15 Å². The third kappa shape index (κ3) is 4.25. The van der Waals surface area contributed by atoms with Crippen molar-refractivity contribution in [3.05, 3.63) is 64.9 Å². The van der Waals surface area contributed by atoms with Crippen LogP contribution in [-0.2, 0) is 6.54 Å². The smallest absolute Gasteiger partial charge is 0.251 e. The SMILES string of the molecule is CCCOc1ncccc1CNC(=O)c1ccc2nc(Cl)ccc2c1. The van der Waals surface area contributed by atoms with Crippen LogP contribution in [0.5, 0.6) is 5.88 Å². The number of nitrogens with one attached hydrogen (secondary N) is 1. The number of hydrogen-bond donors (Lipinski definition) is 1. The molecule has 0 saturated heterocycles. The highest BCUT2D eigenvalue weighted by atomic mass is 35.5. The first-order valence-electron chi connectivity index (χ1n) is 8.08. The van der Waals surface area contributed by atoms with Crippen LogP contribution < -0.4 is 10.1 Å². The summed E-state index contributed by atoms with van der Waals surface area (Å²) in [5, 5.41) is 4.20. The van der Waals surface area contributed by atoms with E-state index in [1.807, 2.05) is 25.1 Å². The first kappa shape index (κ1) is 17.2. The molecule has 0 atom stereocenters. The number of halogens is 1. The quantitative estimate of drug-likeness (QED) is 0.679. The van der Waals surface area contributed by atoms with Gasteiger partial charge >= 0.3 is 0 Å². The van der Waals surface area contributed by atoms with Crippen LogP contribution in [0.3, 0.4) is 0 Å². The van der Waals surface area contributed by atoms with E-state index in [0.29, 0.717) is 29.7 Å². The number of aromatic nitrogens is 2. The number of amides is 1. The molecule has 3 rings (SSSR count). The Morgan fingerprint density at radius 2 is 2.12 bits per heavy atom. The first-order valence-corrected chi connectivity index (χ1v) is 8.46. The Morgan fingerprint density at radius 3 is 2.96 bits per heavy atom. The second-order valence-electron chi connectivity index (χ2n) is 5.54. The zero-order chi connectivity index (χ0) is 17.6. The van der Waals surface area contributed by atoms with E-state index in [1.54, 1.807) is 30.5 Å². The number of carbonyl (C=O) groups excluding carboxylic acids is 1. The minimum absolute atomic E-state index is 0.165. The molecule has 1 N–H and O–H groups in total. The number of carbonyl (C=O) groups is 1. The zero-order valence-electron chi connectivity index (χ0n) is 13.8. The van der Waals surface area contributed by atoms with E-state index >= 15 is 0 Å². The third-order valence-corrected chi connectivity index (χ3v) is 3.86. The molecule has 1 aromatic carbocycles. The van der Waals surface area contributed by atoms with E-state index < -0.39 is 0 Å². The van der Waals surface area contributed by atoms with Gasteiger partial charge in [0.15, 0.2) is 0 Å². The lowest BCUT2D eigenvalue weighted by Crippen LogP contribution is -2.23. The molecular formula is C19H18ClN3O2. The molecule has 0 radical (unpaired) electrons. The average Bonchev–Trinajstić information content (AvgIpc) is 2.64. The van der Waals surface area contributed by atoms with E-state index in [0.717, 1.165) is 22.9 Å². The molecule has 1 amide bonds. The number of pyridine rings is 2. The van der Waals surface area contributed by atoms with Gasteiger partial charge < -0.3 is 10.1 Å². The van der Waals surface area contributed by atoms with Crippen LogP contribution >= 0.6 is 11.6 Å². The standard InChI is InChI=1S/C19H18ClN3O2/c1-2-10-25-19-15(4-3-9-21-19)12-22-18(24)14-5-7-16-13(11-14)6-8-17(20)23-16/h3-9,11H,2,10,12H2,1H3,(H,22,24). The Labute approximate surface area is 151 Å². The molecule has 25 heavy (non-hydrogen) atoms. The second kappa shape index (κ2) is 7.94. The van der Waals surface area contributed by atoms with Crippen LogP contribution in [-0.4, -0.2) is 22.5 Å². The van der Waals surface area contributed by atoms with Crippen LogP contribution in [0.4, 0.5) is 0 Å². The van der Waals surface area contributed by atoms with Gasteiger partial charge in [0.1, 0.15) is 5.15 Å². The largest absolute Gasteiger partial charge is 0.477 e. The van der Waals surface area contributed by atoms with Crippen LogP contribution in [0, 0.1) is 0 Å². The monoisotopic (exact) mass is 355 g/mol. The van der Waals surface area contributed by atoms with Crippen molar-refractivity contribution in [1.82, 2.24) is 15.3 Å². The van der Waals surface area contributed by atoms with Crippen LogP contribution in [0.25, 0.3) is 10.9 Å². The highest BCUT2D eigenvalue weighted by Crippen LogP contribution is 2.18. The number of rotatable bonds is 6. The van der Waals surface area contributed by atoms with Gasteiger partial charge in [-0.2, -0.15) is 0 Å². The summed E-state index contributed by atoms with van der Waals surface area (Å²) in [5.41, 5.74) is 2.17. The number of nitrogens with zero attached hydrogens (tertiary/aromatic N) is 2. The van der Waals surface area contributed by atoms with Crippen molar-refractivity contribution in [1.29, 1.82) is 0 Å². The summed E-state index contributed by atoms with van der Waals surface area (Å²) in [5.74, 6) is 0.393. The molecule has 0 unspecified atom stereocenters. The fraction of sp³-hybridized carbons (Fsp3) is 0.211. The number of hydrogen-bond acceptors (Lipinski definition) is 4. The summed E-state index contributed by atoms with van der Waals surface area (Å²) >= 11 is 5.88. The molecule has 0 spiro atoms. The lowest BCUT2D eigenvalue weighted by Gasteiger charge is -2.10. The first-order chi connectivity index (χ1) is 12.2. The summed E-state index contributed by atoms with van der Waals surface area (Å²) < 4.78 is 5.61. The van der Waals surface area contributed by atoms with E-state index in [2.05, 4.69) is 15.3 Å². The maximum absolute atomic E-state index is 12.4. The molecule has 6 heteroatoms. The van der Waals surface area contributed by atoms with Gasteiger partial charge in [-0.1, -0.05) is 24.6 Å². The zero-order valence-corrected chi connectivity index (χ0v) is 14.6. The molecule has 5 nitrogen and oxygen atoms in total. The molecule has 0 bridgehead atoms. The summed E-state index contributed by atoms with van der Waals surface area (Å²) in [6.45, 7) is 2.98. The summed E-state index contributed by atoms with van der Waals surface area (Å²) in [6.07, 6.45) is 2.58. The van der Waals surface area contributed by atoms with E-state index in [4.69, 9.17) is 16.3 Å². The van der Waals surface area contributed by atoms with Crippen LogP contribution in [0.1, 0.15) is 29.3 Å². The molecule has 0 fully saturated rings. The molecule has 0 aliphatic rings. The minimum atomic E-state index is -0.165. The fourth-order valence-electron chi connectivity index (χ4n) is 2.41. The van der Waals surface area contributed by atoms with Gasteiger partial charge in [-0.25, -0.2) is 9.97 Å². The Morgan fingerprint density at radius 1 is 1.24 bits per heavy atom. The Bertz CT molecular complexity index is 899. The lowest BCUT2D eigenvalue weighted by atomic mass is 10.1. The minimum Gasteiger partial charge on any atom is -0.477 e. The normalized spacial score (nSPS) is 10.6. The van der Waals surface area contributed by atoms with Crippen molar-refractivity contribution in [2.45, 2.75) is 19.9 Å². The predicted octanol–water partition coefficient (Wildman–Crippen LogP) is 4.00. The van der Waals surface area contributed by atoms with Gasteiger partial charge in [-0.15, -0.1) is 0 Å². The fourth-order valence-corrected chi connectivity index (χ4v) is 2.56. The van der Waals surface area contributed by atoms with Gasteiger partial charge in [0.25, 0.3) is 5.91 Å². The van der Waals surface area contributed by atoms with E-state index in [-0.39, 0.29) is 5.91 Å². The number of fused-ring (bicyclic) bond motifs is 1. The molecule has 0 aliphatic carbocycles. The Kier molecular flexibility index (Phi) is 5.46. The van der Waals surface area contributed by atoms with Crippen molar-refractivity contribution in [3.8, 4) is 5.88 Å². The highest BCUT2D eigenvalue weighted by molar-refractivity contribution is 6.29. The second-order valence-corrected chi connectivity index (χ2v) is 5.93. The molecule has 0 saturated carbocycles. The predicted molar refractivity (Wildman–Crippen MR) is 97.9 cm³/mol. The number of ether oxygens (including phenoxy) is 1. The molecule has 2 aromatic heterocycles. The topological polar surface area (TPSA) is 64.1 Å². The number of benzene rings is 1. The highest BCUT2D eigenvalue weighted by Gasteiger charge is 2.10. The van der Waals surface area contributed by atoms with Crippen molar-refractivity contribution in [2.75, 3.05) is 6.61 Å². The Hall–Kier alpha value is -2.66. The van der Waals surface area contributed by atoms with E-state index in [1.165, 1.54) is 0 Å². The van der Waals surface area contributed by atoms with Gasteiger partial charge in [-0.05, 0) is 42.8 Å². The summed E-state index contributed by atoms with van der Waals surface area (Å²) in [7, 11) is 0. The summed E-state index contributed by atoms with van der Waals surface area (Å²) in [6, 6.07) is 12.6. The van der Waals surface area contributed by atoms with Crippen molar-refractivity contribution in [2.24, 2.45) is 0 Å². The van der Waals surface area contributed by atoms with Crippen molar-refractivity contribution in [3.63, 3.8) is 0 Å².